The SMILES string of the molecule is CC(=O)c1cn(CC(=O)N2[C@H](C(=O)Nc3nc(Br)ccc3Cl)CC[C@@]3(C)C[C@@H]23)c2c(C)cc(-c3cnc4cc(C)nn4c3)cc12. The van der Waals surface area contributed by atoms with Gasteiger partial charge in [-0.25, -0.2) is 14.5 Å². The number of amides is 2. The molecule has 10 nitrogen and oxygen atoms in total. The molecule has 1 saturated carbocycles. The molecule has 1 saturated heterocycles. The number of piperidine rings is 1. The number of aryl methyl sites for hydroxylation is 2. The number of nitrogens with zero attached hydrogens (tertiary/aromatic N) is 6. The Balaban J connectivity index is 1.22. The molecule has 7 rings (SSSR count). The molecule has 12 heteroatoms. The number of fused-ring (bicyclic) bond motifs is 3. The summed E-state index contributed by atoms with van der Waals surface area (Å²) in [6.45, 7) is 7.59. The molecule has 1 aliphatic heterocycles. The van der Waals surface area contributed by atoms with Gasteiger partial charge in [0.1, 0.15) is 17.2 Å². The standard InChI is InChI=1S/C33H31BrClN7O3/c1-17-9-20(21-13-36-28-10-18(2)39-41(28)14-21)11-22-23(19(3)43)15-40(30(17)22)16-29(44)42-25(7-8-33(4)12-26(33)42)32(45)38-31-24(35)5-6-27(34)37-31/h5-6,9-11,13-15,25-26H,7-8,12,16H2,1-4H3,(H,37,38,45)/t25-,26+,33-/m0/s1. The van der Waals surface area contributed by atoms with Crippen molar-refractivity contribution in [3.63, 3.8) is 0 Å². The molecule has 2 fully saturated rings. The summed E-state index contributed by atoms with van der Waals surface area (Å²) in [6.07, 6.45) is 7.72. The van der Waals surface area contributed by atoms with E-state index in [1.807, 2.05) is 42.8 Å². The van der Waals surface area contributed by atoms with Crippen molar-refractivity contribution in [2.24, 2.45) is 5.41 Å². The third-order valence-electron chi connectivity index (χ3n) is 9.23. The molecule has 5 heterocycles. The zero-order valence-corrected chi connectivity index (χ0v) is 27.6. The zero-order chi connectivity index (χ0) is 31.8. The first kappa shape index (κ1) is 29.6. The lowest BCUT2D eigenvalue weighted by Crippen LogP contribution is -2.53. The lowest BCUT2D eigenvalue weighted by Gasteiger charge is -2.37. The molecule has 2 aliphatic rings. The van der Waals surface area contributed by atoms with Crippen LogP contribution in [-0.4, -0.2) is 58.7 Å². The molecule has 230 valence electrons. The number of Topliss-reactive ketones (excluding diaryl/α,β-unsaturated/α-hetero) is 1. The second kappa shape index (κ2) is 10.8. The van der Waals surface area contributed by atoms with Crippen LogP contribution < -0.4 is 5.32 Å². The number of likely N-dealkylation sites (tertiary alicyclic amines) is 1. The minimum atomic E-state index is -0.662. The van der Waals surface area contributed by atoms with E-state index in [2.05, 4.69) is 43.2 Å². The summed E-state index contributed by atoms with van der Waals surface area (Å²) < 4.78 is 4.14. The van der Waals surface area contributed by atoms with Crippen molar-refractivity contribution >= 4 is 67.5 Å². The number of halogens is 2. The minimum Gasteiger partial charge on any atom is -0.337 e. The quantitative estimate of drug-likeness (QED) is 0.163. The van der Waals surface area contributed by atoms with E-state index in [0.717, 1.165) is 51.8 Å². The molecule has 45 heavy (non-hydrogen) atoms. The second-order valence-electron chi connectivity index (χ2n) is 12.5. The van der Waals surface area contributed by atoms with Crippen LogP contribution in [0.15, 0.2) is 53.5 Å². The molecule has 1 aliphatic carbocycles. The largest absolute Gasteiger partial charge is 0.337 e. The van der Waals surface area contributed by atoms with Gasteiger partial charge in [-0.15, -0.1) is 0 Å². The fourth-order valence-corrected chi connectivity index (χ4v) is 7.28. The summed E-state index contributed by atoms with van der Waals surface area (Å²) in [6, 6.07) is 8.58. The van der Waals surface area contributed by atoms with Crippen LogP contribution in [0, 0.1) is 19.3 Å². The lowest BCUT2D eigenvalue weighted by molar-refractivity contribution is -0.142. The van der Waals surface area contributed by atoms with Crippen molar-refractivity contribution in [2.45, 2.75) is 65.6 Å². The lowest BCUT2D eigenvalue weighted by atomic mass is 9.92. The highest BCUT2D eigenvalue weighted by Crippen LogP contribution is 2.57. The maximum atomic E-state index is 14.2. The Labute approximate surface area is 272 Å². The third kappa shape index (κ3) is 5.21. The van der Waals surface area contributed by atoms with Crippen molar-refractivity contribution < 1.29 is 14.4 Å². The first-order valence-electron chi connectivity index (χ1n) is 14.8. The van der Waals surface area contributed by atoms with Gasteiger partial charge in [0.2, 0.25) is 11.8 Å². The molecular formula is C33H31BrClN7O3. The van der Waals surface area contributed by atoms with Gasteiger partial charge in [0.15, 0.2) is 17.2 Å². The van der Waals surface area contributed by atoms with E-state index in [0.29, 0.717) is 21.6 Å². The Kier molecular flexibility index (Phi) is 7.09. The molecule has 0 bridgehead atoms. The van der Waals surface area contributed by atoms with E-state index in [1.54, 1.807) is 33.9 Å². The summed E-state index contributed by atoms with van der Waals surface area (Å²) in [4.78, 5) is 51.2. The highest BCUT2D eigenvalue weighted by Gasteiger charge is 2.60. The van der Waals surface area contributed by atoms with Crippen molar-refractivity contribution in [3.8, 4) is 11.1 Å². The molecule has 1 N–H and O–H groups in total. The monoisotopic (exact) mass is 687 g/mol. The predicted molar refractivity (Wildman–Crippen MR) is 175 cm³/mol. The molecule has 3 atom stereocenters. The summed E-state index contributed by atoms with van der Waals surface area (Å²) in [5, 5.41) is 8.42. The second-order valence-corrected chi connectivity index (χ2v) is 13.8. The van der Waals surface area contributed by atoms with E-state index in [1.165, 1.54) is 6.92 Å². The van der Waals surface area contributed by atoms with E-state index >= 15 is 0 Å². The van der Waals surface area contributed by atoms with E-state index < -0.39 is 6.04 Å². The van der Waals surface area contributed by atoms with Crippen LogP contribution in [0.5, 0.6) is 0 Å². The molecule has 5 aromatic rings. The number of ketones is 1. The Bertz CT molecular complexity index is 2070. The van der Waals surface area contributed by atoms with Gasteiger partial charge < -0.3 is 14.8 Å². The Morgan fingerprint density at radius 1 is 1.13 bits per heavy atom. The highest BCUT2D eigenvalue weighted by molar-refractivity contribution is 9.10. The third-order valence-corrected chi connectivity index (χ3v) is 9.97. The van der Waals surface area contributed by atoms with Crippen LogP contribution in [0.25, 0.3) is 27.7 Å². The maximum Gasteiger partial charge on any atom is 0.248 e. The van der Waals surface area contributed by atoms with E-state index in [4.69, 9.17) is 11.6 Å². The Morgan fingerprint density at radius 3 is 2.71 bits per heavy atom. The fourth-order valence-electron chi connectivity index (χ4n) is 6.82. The number of rotatable bonds is 6. The number of benzene rings is 1. The average Bonchev–Trinajstić information content (AvgIpc) is 3.32. The van der Waals surface area contributed by atoms with Gasteiger partial charge in [-0.3, -0.25) is 14.4 Å². The van der Waals surface area contributed by atoms with Crippen molar-refractivity contribution in [1.29, 1.82) is 0 Å². The molecule has 0 unspecified atom stereocenters. The van der Waals surface area contributed by atoms with Gasteiger partial charge >= 0.3 is 0 Å². The summed E-state index contributed by atoms with van der Waals surface area (Å²) >= 11 is 9.63. The number of carbonyl (C=O) groups excluding carboxylic acids is 3. The Hall–Kier alpha value is -4.09. The average molecular weight is 689 g/mol. The van der Waals surface area contributed by atoms with Gasteiger partial charge in [-0.1, -0.05) is 18.5 Å². The first-order chi connectivity index (χ1) is 21.4. The van der Waals surface area contributed by atoms with Crippen LogP contribution >= 0.6 is 27.5 Å². The summed E-state index contributed by atoms with van der Waals surface area (Å²) in [5.74, 6) is -0.331. The maximum absolute atomic E-state index is 14.2. The number of hydrogen-bond donors (Lipinski definition) is 1. The molecular weight excluding hydrogens is 658 g/mol. The predicted octanol–water partition coefficient (Wildman–Crippen LogP) is 6.39. The molecule has 4 aromatic heterocycles. The number of nitrogens with one attached hydrogen (secondary N) is 1. The normalized spacial score (nSPS) is 20.8. The molecule has 2 amide bonds. The van der Waals surface area contributed by atoms with Crippen LogP contribution in [0.4, 0.5) is 5.82 Å². The molecule has 0 radical (unpaired) electrons. The number of hydrogen-bond acceptors (Lipinski definition) is 6. The van der Waals surface area contributed by atoms with Crippen LogP contribution in [0.1, 0.15) is 54.7 Å². The van der Waals surface area contributed by atoms with Gasteiger partial charge in [-0.2, -0.15) is 5.10 Å². The summed E-state index contributed by atoms with van der Waals surface area (Å²) in [7, 11) is 0. The smallest absolute Gasteiger partial charge is 0.248 e. The number of carbonyl (C=O) groups is 3. The molecule has 0 spiro atoms. The van der Waals surface area contributed by atoms with Crippen molar-refractivity contribution in [2.75, 3.05) is 5.32 Å². The topological polar surface area (TPSA) is 114 Å². The van der Waals surface area contributed by atoms with Crippen molar-refractivity contribution in [3.05, 3.63) is 75.4 Å². The number of aromatic nitrogens is 5. The number of pyridine rings is 1. The van der Waals surface area contributed by atoms with E-state index in [-0.39, 0.29) is 41.4 Å². The zero-order valence-electron chi connectivity index (χ0n) is 25.3. The van der Waals surface area contributed by atoms with Crippen LogP contribution in [0.3, 0.4) is 0 Å². The van der Waals surface area contributed by atoms with Gasteiger partial charge in [-0.05, 0) is 96.8 Å². The minimum absolute atomic E-state index is 0.00367. The number of anilines is 1. The highest BCUT2D eigenvalue weighted by atomic mass is 79.9. The van der Waals surface area contributed by atoms with Gasteiger partial charge in [0.25, 0.3) is 0 Å². The van der Waals surface area contributed by atoms with Gasteiger partial charge in [0, 0.05) is 47.2 Å². The summed E-state index contributed by atoms with van der Waals surface area (Å²) in [5.41, 5.74) is 5.65. The first-order valence-corrected chi connectivity index (χ1v) is 16.0. The van der Waals surface area contributed by atoms with Crippen molar-refractivity contribution in [1.82, 2.24) is 29.0 Å². The van der Waals surface area contributed by atoms with Crippen LogP contribution in [-0.2, 0) is 16.1 Å². The fraction of sp³-hybridized carbons (Fsp3) is 0.333. The van der Waals surface area contributed by atoms with Crippen LogP contribution in [0.2, 0.25) is 5.02 Å². The van der Waals surface area contributed by atoms with E-state index in [9.17, 15) is 14.4 Å². The molecule has 1 aromatic carbocycles. The Morgan fingerprint density at radius 2 is 1.93 bits per heavy atom. The van der Waals surface area contributed by atoms with Gasteiger partial charge in [0.05, 0.1) is 16.2 Å².